The van der Waals surface area contributed by atoms with Crippen LogP contribution in [-0.4, -0.2) is 42.8 Å². The molecule has 2 aromatic carbocycles. The Kier molecular flexibility index (Phi) is 4.76. The highest BCUT2D eigenvalue weighted by Gasteiger charge is 2.28. The van der Waals surface area contributed by atoms with Gasteiger partial charge in [-0.05, 0) is 43.2 Å². The summed E-state index contributed by atoms with van der Waals surface area (Å²) in [5.41, 5.74) is 2.63. The highest BCUT2D eigenvalue weighted by Crippen LogP contribution is 2.34. The number of hydrogen-bond acceptors (Lipinski definition) is 7. The van der Waals surface area contributed by atoms with Crippen LogP contribution in [0.2, 0.25) is 0 Å². The summed E-state index contributed by atoms with van der Waals surface area (Å²) < 4.78 is 22.4. The molecule has 6 nitrogen and oxygen atoms in total. The number of benzene rings is 2. The van der Waals surface area contributed by atoms with Crippen molar-refractivity contribution in [2.24, 2.45) is 0 Å². The number of piperidine rings is 1. The summed E-state index contributed by atoms with van der Waals surface area (Å²) in [4.78, 5) is 14.9. The Bertz CT molecular complexity index is 1190. The minimum absolute atomic E-state index is 0.0107. The van der Waals surface area contributed by atoms with Gasteiger partial charge in [0.25, 0.3) is 5.91 Å². The first-order valence-electron chi connectivity index (χ1n) is 9.29. The first-order chi connectivity index (χ1) is 14.2. The largest absolute Gasteiger partial charge is 0.338 e. The Morgan fingerprint density at radius 2 is 1.97 bits per heavy atom. The molecule has 1 aliphatic rings. The summed E-state index contributed by atoms with van der Waals surface area (Å²) in [5.74, 6) is -0.207. The fraction of sp³-hybridized carbons (Fsp3) is 0.250. The lowest BCUT2D eigenvalue weighted by molar-refractivity contribution is 0.0707. The Morgan fingerprint density at radius 3 is 2.86 bits per heavy atom. The van der Waals surface area contributed by atoms with Crippen LogP contribution < -0.4 is 0 Å². The number of aromatic nitrogens is 4. The first kappa shape index (κ1) is 18.3. The number of halogens is 1. The van der Waals surface area contributed by atoms with Crippen molar-refractivity contribution in [1.82, 2.24) is 23.8 Å². The summed E-state index contributed by atoms with van der Waals surface area (Å²) in [6.45, 7) is 1.29. The maximum Gasteiger partial charge on any atom is 0.253 e. The lowest BCUT2D eigenvalue weighted by Crippen LogP contribution is -2.39. The summed E-state index contributed by atoms with van der Waals surface area (Å²) in [5, 5.41) is 9.91. The molecule has 4 aromatic rings. The maximum absolute atomic E-state index is 14.0. The fourth-order valence-electron chi connectivity index (χ4n) is 3.60. The minimum Gasteiger partial charge on any atom is -0.338 e. The molecule has 0 saturated carbocycles. The van der Waals surface area contributed by atoms with Gasteiger partial charge in [-0.3, -0.25) is 4.79 Å². The zero-order chi connectivity index (χ0) is 19.8. The average molecular weight is 426 g/mol. The molecule has 1 amide bonds. The molecule has 1 atom stereocenters. The number of fused-ring (bicyclic) bond motifs is 1. The second kappa shape index (κ2) is 7.57. The smallest absolute Gasteiger partial charge is 0.253 e. The van der Waals surface area contributed by atoms with E-state index in [9.17, 15) is 9.18 Å². The van der Waals surface area contributed by atoms with E-state index in [2.05, 4.69) is 18.9 Å². The van der Waals surface area contributed by atoms with Gasteiger partial charge in [0.1, 0.15) is 21.9 Å². The van der Waals surface area contributed by atoms with Gasteiger partial charge in [0.2, 0.25) is 0 Å². The zero-order valence-corrected chi connectivity index (χ0v) is 16.9. The van der Waals surface area contributed by atoms with Gasteiger partial charge >= 0.3 is 0 Å². The predicted molar refractivity (Wildman–Crippen MR) is 111 cm³/mol. The molecule has 0 unspecified atom stereocenters. The van der Waals surface area contributed by atoms with Gasteiger partial charge in [0, 0.05) is 30.1 Å². The van der Waals surface area contributed by atoms with Gasteiger partial charge in [0.15, 0.2) is 5.01 Å². The van der Waals surface area contributed by atoms with E-state index in [1.807, 2.05) is 11.0 Å². The molecule has 9 heteroatoms. The van der Waals surface area contributed by atoms with Crippen LogP contribution in [-0.2, 0) is 0 Å². The van der Waals surface area contributed by atoms with Crippen LogP contribution in [0.4, 0.5) is 4.39 Å². The van der Waals surface area contributed by atoms with Crippen molar-refractivity contribution >= 4 is 40.0 Å². The molecule has 3 heterocycles. The molecule has 1 saturated heterocycles. The molecular weight excluding hydrogens is 409 g/mol. The number of nitrogens with zero attached hydrogens (tertiary/aromatic N) is 5. The van der Waals surface area contributed by atoms with E-state index in [4.69, 9.17) is 0 Å². The van der Waals surface area contributed by atoms with Crippen LogP contribution >= 0.6 is 23.1 Å². The summed E-state index contributed by atoms with van der Waals surface area (Å²) in [6.07, 6.45) is 1.83. The van der Waals surface area contributed by atoms with Crippen LogP contribution in [0, 0.1) is 5.82 Å². The van der Waals surface area contributed by atoms with E-state index in [1.54, 1.807) is 30.3 Å². The lowest BCUT2D eigenvalue weighted by Gasteiger charge is -2.31. The number of rotatable bonds is 3. The Balaban J connectivity index is 1.35. The van der Waals surface area contributed by atoms with E-state index in [0.717, 1.165) is 40.6 Å². The predicted octanol–water partition coefficient (Wildman–Crippen LogP) is 4.37. The number of likely N-dealkylation sites (tertiary alicyclic amines) is 1. The van der Waals surface area contributed by atoms with E-state index in [0.29, 0.717) is 29.2 Å². The van der Waals surface area contributed by atoms with Crippen molar-refractivity contribution in [2.45, 2.75) is 18.8 Å². The van der Waals surface area contributed by atoms with Crippen molar-refractivity contribution in [3.05, 3.63) is 58.9 Å². The average Bonchev–Trinajstić information content (AvgIpc) is 3.43. The van der Waals surface area contributed by atoms with Gasteiger partial charge < -0.3 is 4.90 Å². The molecule has 0 bridgehead atoms. The van der Waals surface area contributed by atoms with Crippen molar-refractivity contribution in [3.63, 3.8) is 0 Å². The van der Waals surface area contributed by atoms with Crippen LogP contribution in [0.15, 0.2) is 42.5 Å². The topological polar surface area (TPSA) is 71.9 Å². The van der Waals surface area contributed by atoms with Gasteiger partial charge in [-0.25, -0.2) is 4.39 Å². The van der Waals surface area contributed by atoms with Crippen molar-refractivity contribution < 1.29 is 9.18 Å². The third kappa shape index (κ3) is 3.51. The standard InChI is InChI=1S/C20H16FN5OS2/c21-15-6-2-1-5-14(15)19-23-22-18(28-19)13-4-3-9-26(11-13)20(27)12-7-8-16-17(10-12)25-29-24-16/h1-2,5-8,10,13H,3-4,9,11H2/t13-/m1/s1. The zero-order valence-electron chi connectivity index (χ0n) is 15.3. The molecule has 29 heavy (non-hydrogen) atoms. The first-order valence-corrected chi connectivity index (χ1v) is 10.8. The Morgan fingerprint density at radius 1 is 1.10 bits per heavy atom. The second-order valence-electron chi connectivity index (χ2n) is 6.98. The summed E-state index contributed by atoms with van der Waals surface area (Å²) >= 11 is 2.54. The SMILES string of the molecule is O=C(c1ccc2nsnc2c1)N1CCC[C@@H](c2nnc(-c3ccccc3F)s2)C1. The normalized spacial score (nSPS) is 17.0. The third-order valence-electron chi connectivity index (χ3n) is 5.10. The van der Waals surface area contributed by atoms with E-state index < -0.39 is 0 Å². The number of carbonyl (C=O) groups excluding carboxylic acids is 1. The van der Waals surface area contributed by atoms with Gasteiger partial charge in [-0.15, -0.1) is 10.2 Å². The quantitative estimate of drug-likeness (QED) is 0.487. The summed E-state index contributed by atoms with van der Waals surface area (Å²) in [7, 11) is 0. The Labute approximate surface area is 174 Å². The molecule has 0 radical (unpaired) electrons. The number of hydrogen-bond donors (Lipinski definition) is 0. The molecule has 1 fully saturated rings. The molecule has 5 rings (SSSR count). The van der Waals surface area contributed by atoms with Crippen LogP contribution in [0.3, 0.4) is 0 Å². The molecule has 1 aliphatic heterocycles. The molecule has 146 valence electrons. The molecular formula is C20H16FN5OS2. The van der Waals surface area contributed by atoms with E-state index in [1.165, 1.54) is 17.4 Å². The minimum atomic E-state index is -0.303. The van der Waals surface area contributed by atoms with Gasteiger partial charge in [0.05, 0.1) is 11.7 Å². The maximum atomic E-state index is 14.0. The molecule has 2 aromatic heterocycles. The molecule has 0 aliphatic carbocycles. The summed E-state index contributed by atoms with van der Waals surface area (Å²) in [6, 6.07) is 12.0. The van der Waals surface area contributed by atoms with Crippen molar-refractivity contribution in [2.75, 3.05) is 13.1 Å². The molecule has 0 spiro atoms. The van der Waals surface area contributed by atoms with Crippen LogP contribution in [0.25, 0.3) is 21.6 Å². The second-order valence-corrected chi connectivity index (χ2v) is 8.52. The van der Waals surface area contributed by atoms with Crippen LogP contribution in [0.1, 0.15) is 34.1 Å². The highest BCUT2D eigenvalue weighted by molar-refractivity contribution is 7.14. The highest BCUT2D eigenvalue weighted by atomic mass is 32.1. The van der Waals surface area contributed by atoms with Crippen molar-refractivity contribution in [1.29, 1.82) is 0 Å². The van der Waals surface area contributed by atoms with Crippen molar-refractivity contribution in [3.8, 4) is 10.6 Å². The van der Waals surface area contributed by atoms with Gasteiger partial charge in [-0.1, -0.05) is 23.5 Å². The third-order valence-corrected chi connectivity index (χ3v) is 6.78. The number of carbonyl (C=O) groups is 1. The van der Waals surface area contributed by atoms with E-state index in [-0.39, 0.29) is 17.6 Å². The fourth-order valence-corrected chi connectivity index (χ4v) is 5.12. The number of amides is 1. The monoisotopic (exact) mass is 425 g/mol. The Hall–Kier alpha value is -2.78. The molecule has 0 N–H and O–H groups in total. The van der Waals surface area contributed by atoms with E-state index >= 15 is 0 Å². The lowest BCUT2D eigenvalue weighted by atomic mass is 9.98. The van der Waals surface area contributed by atoms with Crippen LogP contribution in [0.5, 0.6) is 0 Å². The van der Waals surface area contributed by atoms with Gasteiger partial charge in [-0.2, -0.15) is 8.75 Å².